The van der Waals surface area contributed by atoms with Gasteiger partial charge >= 0.3 is 3.98 Å². The zero-order valence-corrected chi connectivity index (χ0v) is 8.96. The van der Waals surface area contributed by atoms with Crippen LogP contribution in [0.25, 0.3) is 0 Å². The molecule has 2 rings (SSSR count). The van der Waals surface area contributed by atoms with Crippen LogP contribution in [-0.4, -0.2) is 13.1 Å². The molecule has 3 heteroatoms. The normalized spacial score (nSPS) is 24.4. The van der Waals surface area contributed by atoms with Crippen LogP contribution in [0.1, 0.15) is 19.8 Å². The second kappa shape index (κ2) is 3.71. The third-order valence-corrected chi connectivity index (χ3v) is 4.65. The van der Waals surface area contributed by atoms with Crippen LogP contribution in [0.4, 0.5) is 0 Å². The van der Waals surface area contributed by atoms with Crippen LogP contribution in [0.2, 0.25) is 0 Å². The summed E-state index contributed by atoms with van der Waals surface area (Å²) in [5.41, 5.74) is 0. The van der Waals surface area contributed by atoms with Gasteiger partial charge in [-0.3, -0.25) is 0 Å². The van der Waals surface area contributed by atoms with E-state index in [4.69, 9.17) is 0 Å². The SMILES string of the molecule is CC1CC[N+](=c2sccs2)CC1. The molecule has 66 valence electrons. The number of piperidine rings is 1. The van der Waals surface area contributed by atoms with E-state index in [1.807, 2.05) is 22.7 Å². The first-order chi connectivity index (χ1) is 5.86. The number of hydrogen-bond acceptors (Lipinski definition) is 2. The minimum Gasteiger partial charge on any atom is -0.212 e. The summed E-state index contributed by atoms with van der Waals surface area (Å²) in [7, 11) is 0. The largest absolute Gasteiger partial charge is 0.313 e. The van der Waals surface area contributed by atoms with Crippen molar-refractivity contribution in [2.45, 2.75) is 19.8 Å². The van der Waals surface area contributed by atoms with E-state index in [-0.39, 0.29) is 0 Å². The molecule has 0 radical (unpaired) electrons. The van der Waals surface area contributed by atoms with Crippen LogP contribution < -0.4 is 8.56 Å². The highest BCUT2D eigenvalue weighted by Crippen LogP contribution is 2.11. The highest BCUT2D eigenvalue weighted by atomic mass is 32.2. The van der Waals surface area contributed by atoms with Crippen molar-refractivity contribution < 1.29 is 0 Å². The predicted octanol–water partition coefficient (Wildman–Crippen LogP) is 2.01. The van der Waals surface area contributed by atoms with Crippen molar-refractivity contribution in [3.05, 3.63) is 14.7 Å². The fourth-order valence-electron chi connectivity index (χ4n) is 1.54. The smallest absolute Gasteiger partial charge is 0.212 e. The molecule has 0 amide bonds. The zero-order chi connectivity index (χ0) is 8.39. The van der Waals surface area contributed by atoms with Gasteiger partial charge in [-0.05, 0) is 5.92 Å². The molecule has 2 heterocycles. The molecule has 0 saturated carbocycles. The van der Waals surface area contributed by atoms with Gasteiger partial charge < -0.3 is 0 Å². The van der Waals surface area contributed by atoms with E-state index in [0.717, 1.165) is 5.92 Å². The Morgan fingerprint density at radius 1 is 1.25 bits per heavy atom. The zero-order valence-electron chi connectivity index (χ0n) is 7.32. The molecule has 1 fully saturated rings. The third kappa shape index (κ3) is 1.77. The van der Waals surface area contributed by atoms with Crippen LogP contribution in [0.15, 0.2) is 10.8 Å². The van der Waals surface area contributed by atoms with Crippen LogP contribution in [0.3, 0.4) is 0 Å². The van der Waals surface area contributed by atoms with Gasteiger partial charge in [-0.1, -0.05) is 29.6 Å². The molecular formula is C9H14NS2+. The van der Waals surface area contributed by atoms with Crippen LogP contribution in [0.5, 0.6) is 0 Å². The third-order valence-electron chi connectivity index (χ3n) is 2.44. The van der Waals surface area contributed by atoms with Crippen LogP contribution in [0, 0.1) is 5.92 Å². The summed E-state index contributed by atoms with van der Waals surface area (Å²) < 4.78 is 4.01. The van der Waals surface area contributed by atoms with Gasteiger partial charge in [-0.15, -0.1) is 0 Å². The van der Waals surface area contributed by atoms with Gasteiger partial charge in [0.1, 0.15) is 13.1 Å². The molecule has 0 unspecified atom stereocenters. The Labute approximate surface area is 81.0 Å². The highest BCUT2D eigenvalue weighted by molar-refractivity contribution is 7.24. The van der Waals surface area contributed by atoms with Crippen molar-refractivity contribution in [3.8, 4) is 0 Å². The Kier molecular flexibility index (Phi) is 2.61. The summed E-state index contributed by atoms with van der Waals surface area (Å²) in [6, 6.07) is 0. The minimum absolute atomic E-state index is 0.936. The topological polar surface area (TPSA) is 3.01 Å². The molecule has 1 aromatic heterocycles. The Morgan fingerprint density at radius 3 is 2.42 bits per heavy atom. The van der Waals surface area contributed by atoms with E-state index < -0.39 is 0 Å². The molecule has 0 N–H and O–H groups in total. The Hall–Kier alpha value is -0.150. The van der Waals surface area contributed by atoms with E-state index in [1.54, 1.807) is 0 Å². The standard InChI is InChI=1S/C9H14NS2/c1-8-2-4-10(5-3-8)9-11-6-7-12-9/h6-8H,2-5H2,1H3/q+1. The van der Waals surface area contributed by atoms with E-state index in [2.05, 4.69) is 22.3 Å². The van der Waals surface area contributed by atoms with Crippen LogP contribution >= 0.6 is 22.7 Å². The molecular weight excluding hydrogens is 186 g/mol. The quantitative estimate of drug-likeness (QED) is 0.564. The minimum atomic E-state index is 0.936. The molecule has 1 aliphatic heterocycles. The Bertz CT molecular complexity index is 284. The molecule has 0 bridgehead atoms. The lowest BCUT2D eigenvalue weighted by molar-refractivity contribution is 0.364. The van der Waals surface area contributed by atoms with Gasteiger partial charge in [0.25, 0.3) is 0 Å². The molecule has 1 nitrogen and oxygen atoms in total. The summed E-state index contributed by atoms with van der Waals surface area (Å²) >= 11 is 3.75. The van der Waals surface area contributed by atoms with Crippen molar-refractivity contribution in [2.24, 2.45) is 5.92 Å². The van der Waals surface area contributed by atoms with Gasteiger partial charge in [0, 0.05) is 23.6 Å². The van der Waals surface area contributed by atoms with Gasteiger partial charge in [-0.2, -0.15) is 0 Å². The molecule has 0 atom stereocenters. The predicted molar refractivity (Wildman–Crippen MR) is 55.6 cm³/mol. The maximum absolute atomic E-state index is 2.52. The lowest BCUT2D eigenvalue weighted by Crippen LogP contribution is -2.34. The number of hydrogen-bond donors (Lipinski definition) is 0. The molecule has 1 saturated heterocycles. The highest BCUT2D eigenvalue weighted by Gasteiger charge is 2.17. The summed E-state index contributed by atoms with van der Waals surface area (Å²) in [4.78, 5) is 0. The number of rotatable bonds is 0. The van der Waals surface area contributed by atoms with Gasteiger partial charge in [0.2, 0.25) is 0 Å². The molecule has 1 aliphatic rings. The first-order valence-electron chi connectivity index (χ1n) is 4.46. The molecule has 0 spiro atoms. The average Bonchev–Trinajstić information content (AvgIpc) is 2.58. The Balaban J connectivity index is 2.22. The van der Waals surface area contributed by atoms with E-state index >= 15 is 0 Å². The fourth-order valence-corrected chi connectivity index (χ4v) is 3.44. The maximum atomic E-state index is 2.52. The lowest BCUT2D eigenvalue weighted by atomic mass is 10.0. The van der Waals surface area contributed by atoms with E-state index in [1.165, 1.54) is 29.9 Å². The lowest BCUT2D eigenvalue weighted by Gasteiger charge is -2.14. The Morgan fingerprint density at radius 2 is 1.83 bits per heavy atom. The van der Waals surface area contributed by atoms with Crippen LogP contribution in [-0.2, 0) is 0 Å². The number of nitrogens with zero attached hydrogens (tertiary/aromatic N) is 1. The van der Waals surface area contributed by atoms with E-state index in [0.29, 0.717) is 0 Å². The van der Waals surface area contributed by atoms with Crippen molar-refractivity contribution in [1.82, 2.24) is 4.58 Å². The molecule has 0 aliphatic carbocycles. The molecule has 1 aromatic rings. The molecule has 12 heavy (non-hydrogen) atoms. The van der Waals surface area contributed by atoms with Crippen molar-refractivity contribution >= 4 is 22.7 Å². The van der Waals surface area contributed by atoms with Crippen molar-refractivity contribution in [1.29, 1.82) is 0 Å². The summed E-state index contributed by atoms with van der Waals surface area (Å²) in [5, 5.41) is 4.36. The average molecular weight is 200 g/mol. The summed E-state index contributed by atoms with van der Waals surface area (Å²) in [6.45, 7) is 4.88. The molecule has 0 aromatic carbocycles. The summed E-state index contributed by atoms with van der Waals surface area (Å²) in [5.74, 6) is 0.936. The maximum Gasteiger partial charge on any atom is 0.313 e. The van der Waals surface area contributed by atoms with Gasteiger partial charge in [0.15, 0.2) is 0 Å². The van der Waals surface area contributed by atoms with Gasteiger partial charge in [0.05, 0.1) is 0 Å². The second-order valence-corrected chi connectivity index (χ2v) is 5.49. The summed E-state index contributed by atoms with van der Waals surface area (Å²) in [6.07, 6.45) is 2.73. The first kappa shape index (κ1) is 8.45. The van der Waals surface area contributed by atoms with Gasteiger partial charge in [-0.25, -0.2) is 4.58 Å². The fraction of sp³-hybridized carbons (Fsp3) is 0.667. The monoisotopic (exact) mass is 200 g/mol. The van der Waals surface area contributed by atoms with E-state index in [9.17, 15) is 0 Å². The first-order valence-corrected chi connectivity index (χ1v) is 6.22. The van der Waals surface area contributed by atoms with Crippen molar-refractivity contribution in [3.63, 3.8) is 0 Å². The van der Waals surface area contributed by atoms with Crippen molar-refractivity contribution in [2.75, 3.05) is 13.1 Å². The second-order valence-electron chi connectivity index (χ2n) is 3.44.